The van der Waals surface area contributed by atoms with E-state index in [1.54, 1.807) is 6.33 Å². The monoisotopic (exact) mass is 401 g/mol. The average Bonchev–Trinajstić information content (AvgIpc) is 3.29. The maximum atomic E-state index is 11.4. The first-order chi connectivity index (χ1) is 14.7. The largest absolute Gasteiger partial charge is 0.477 e. The van der Waals surface area contributed by atoms with Crippen molar-refractivity contribution in [2.45, 2.75) is 6.92 Å². The van der Waals surface area contributed by atoms with Crippen molar-refractivity contribution >= 4 is 23.0 Å². The third kappa shape index (κ3) is 5.32. The highest BCUT2D eigenvalue weighted by Crippen LogP contribution is 2.24. The molecule has 4 rings (SSSR count). The Hall–Kier alpha value is -3.93. The number of para-hydroxylation sites is 2. The summed E-state index contributed by atoms with van der Waals surface area (Å²) in [5.41, 5.74) is 4.87. The predicted molar refractivity (Wildman–Crippen MR) is 119 cm³/mol. The number of imidazole rings is 1. The van der Waals surface area contributed by atoms with Gasteiger partial charge in [0.05, 0.1) is 31.1 Å². The molecule has 0 saturated carbocycles. The smallest absolute Gasteiger partial charge is 0.436 e. The number of carbonyl (C=O) groups excluding carboxylic acids is 1. The number of ether oxygens (including phenoxy) is 2. The van der Waals surface area contributed by atoms with Gasteiger partial charge in [-0.05, 0) is 36.2 Å². The minimum Gasteiger partial charge on any atom is -0.477 e. The lowest BCUT2D eigenvalue weighted by Crippen LogP contribution is -2.11. The maximum Gasteiger partial charge on any atom is 0.436 e. The molecule has 0 spiro atoms. The summed E-state index contributed by atoms with van der Waals surface area (Å²) in [7, 11) is 1.29. The van der Waals surface area contributed by atoms with Crippen LogP contribution in [-0.4, -0.2) is 35.7 Å². The molecule has 0 bridgehead atoms. The molecule has 6 heteroatoms. The van der Waals surface area contributed by atoms with Gasteiger partial charge in [0.2, 0.25) is 5.90 Å². The van der Waals surface area contributed by atoms with E-state index in [0.717, 1.165) is 27.7 Å². The molecule has 0 aliphatic carbocycles. The van der Waals surface area contributed by atoms with Gasteiger partial charge in [-0.2, -0.15) is 0 Å². The Bertz CT molecular complexity index is 1090. The van der Waals surface area contributed by atoms with Crippen molar-refractivity contribution in [3.8, 4) is 11.1 Å². The molecule has 0 atom stereocenters. The Labute approximate surface area is 175 Å². The van der Waals surface area contributed by atoms with Crippen LogP contribution in [0.25, 0.3) is 22.2 Å². The molecule has 0 aliphatic heterocycles. The number of benzene rings is 3. The molecule has 152 valence electrons. The average molecular weight is 401 g/mol. The highest BCUT2D eigenvalue weighted by Gasteiger charge is 2.13. The van der Waals surface area contributed by atoms with E-state index < -0.39 is 6.09 Å². The molecule has 0 saturated heterocycles. The molecule has 1 heterocycles. The molecule has 30 heavy (non-hydrogen) atoms. The Morgan fingerprint density at radius 2 is 1.67 bits per heavy atom. The summed E-state index contributed by atoms with van der Waals surface area (Å²) < 4.78 is 10.1. The van der Waals surface area contributed by atoms with Crippen LogP contribution in [0.4, 0.5) is 4.79 Å². The van der Waals surface area contributed by atoms with Gasteiger partial charge in [-0.25, -0.2) is 9.78 Å². The van der Waals surface area contributed by atoms with E-state index in [1.807, 2.05) is 85.8 Å². The van der Waals surface area contributed by atoms with Crippen molar-refractivity contribution in [2.75, 3.05) is 13.7 Å². The van der Waals surface area contributed by atoms with Crippen molar-refractivity contribution in [2.24, 2.45) is 4.99 Å². The van der Waals surface area contributed by atoms with Crippen molar-refractivity contribution in [3.63, 3.8) is 0 Å². The maximum absolute atomic E-state index is 11.4. The summed E-state index contributed by atoms with van der Waals surface area (Å²) in [5.74, 6) is 0.267. The molecule has 6 nitrogen and oxygen atoms in total. The number of amides is 1. The van der Waals surface area contributed by atoms with Crippen molar-refractivity contribution in [3.05, 3.63) is 90.8 Å². The molecule has 0 fully saturated rings. The fourth-order valence-corrected chi connectivity index (χ4v) is 2.85. The van der Waals surface area contributed by atoms with Crippen LogP contribution in [0.2, 0.25) is 0 Å². The molecular formula is C24H23N3O3. The van der Waals surface area contributed by atoms with E-state index in [9.17, 15) is 4.79 Å². The fraction of sp³-hybridized carbons (Fsp3) is 0.125. The third-order valence-electron chi connectivity index (χ3n) is 4.22. The van der Waals surface area contributed by atoms with Crippen molar-refractivity contribution < 1.29 is 14.3 Å². The second-order valence-electron chi connectivity index (χ2n) is 6.15. The minimum atomic E-state index is -0.679. The number of H-pyrrole nitrogens is 1. The number of nitrogens with one attached hydrogen (secondary N) is 1. The number of aromatic amines is 1. The first kappa shape index (κ1) is 20.8. The van der Waals surface area contributed by atoms with E-state index >= 15 is 0 Å². The highest BCUT2D eigenvalue weighted by atomic mass is 16.5. The SMILES string of the molecule is CCOC(=NC(=O)OC)c1ccccc1-c1ccccc1.c1ccc2[nH]cnc2c1. The first-order valence-electron chi connectivity index (χ1n) is 9.55. The van der Waals surface area contributed by atoms with Gasteiger partial charge in [-0.1, -0.05) is 60.7 Å². The minimum absolute atomic E-state index is 0.267. The topological polar surface area (TPSA) is 76.6 Å². The lowest BCUT2D eigenvalue weighted by molar-refractivity contribution is 0.181. The lowest BCUT2D eigenvalue weighted by Gasteiger charge is -2.12. The summed E-state index contributed by atoms with van der Waals surface area (Å²) in [6.45, 7) is 2.26. The van der Waals surface area contributed by atoms with Crippen LogP contribution in [-0.2, 0) is 9.47 Å². The van der Waals surface area contributed by atoms with Crippen LogP contribution in [0, 0.1) is 0 Å². The summed E-state index contributed by atoms with van der Waals surface area (Å²) in [4.78, 5) is 22.4. The molecule has 0 aliphatic rings. The molecule has 3 aromatic carbocycles. The van der Waals surface area contributed by atoms with Gasteiger partial charge in [0.1, 0.15) is 0 Å². The van der Waals surface area contributed by atoms with Gasteiger partial charge in [0, 0.05) is 5.56 Å². The zero-order valence-corrected chi connectivity index (χ0v) is 16.9. The Morgan fingerprint density at radius 1 is 0.967 bits per heavy atom. The second kappa shape index (κ2) is 10.6. The van der Waals surface area contributed by atoms with Crippen LogP contribution >= 0.6 is 0 Å². The normalized spacial score (nSPS) is 10.8. The molecule has 0 radical (unpaired) electrons. The number of hydrogen-bond acceptors (Lipinski definition) is 4. The van der Waals surface area contributed by atoms with Crippen LogP contribution in [0.5, 0.6) is 0 Å². The molecular weight excluding hydrogens is 378 g/mol. The molecule has 1 amide bonds. The molecule has 4 aromatic rings. The number of fused-ring (bicyclic) bond motifs is 1. The third-order valence-corrected chi connectivity index (χ3v) is 4.22. The van der Waals surface area contributed by atoms with Gasteiger partial charge in [-0.15, -0.1) is 4.99 Å². The number of methoxy groups -OCH3 is 1. The molecule has 1 N–H and O–H groups in total. The Kier molecular flexibility index (Phi) is 7.33. The van der Waals surface area contributed by atoms with E-state index in [-0.39, 0.29) is 5.90 Å². The predicted octanol–water partition coefficient (Wildman–Crippen LogP) is 5.47. The number of nitrogens with zero attached hydrogens (tertiary/aromatic N) is 2. The van der Waals surface area contributed by atoms with Gasteiger partial charge in [0.15, 0.2) is 0 Å². The molecule has 0 unspecified atom stereocenters. The van der Waals surface area contributed by atoms with Gasteiger partial charge in [0.25, 0.3) is 0 Å². The fourth-order valence-electron chi connectivity index (χ4n) is 2.85. The second-order valence-corrected chi connectivity index (χ2v) is 6.15. The molecule has 1 aromatic heterocycles. The van der Waals surface area contributed by atoms with E-state index in [2.05, 4.69) is 19.7 Å². The standard InChI is InChI=1S/C17H17NO3.C7H6N2/c1-3-21-16(18-17(19)20-2)15-12-8-7-11-14(15)13-9-5-4-6-10-13;1-2-4-7-6(3-1)8-5-9-7/h4-12H,3H2,1-2H3;1-5H,(H,8,9). The summed E-state index contributed by atoms with van der Waals surface area (Å²) in [6.07, 6.45) is 1.02. The zero-order valence-electron chi connectivity index (χ0n) is 16.9. The van der Waals surface area contributed by atoms with Crippen LogP contribution < -0.4 is 0 Å². The van der Waals surface area contributed by atoms with Crippen molar-refractivity contribution in [1.82, 2.24) is 9.97 Å². The quantitative estimate of drug-likeness (QED) is 0.365. The Morgan fingerprint density at radius 3 is 2.40 bits per heavy atom. The number of aromatic nitrogens is 2. The van der Waals surface area contributed by atoms with Gasteiger partial charge < -0.3 is 14.5 Å². The zero-order chi connectivity index (χ0) is 21.2. The van der Waals surface area contributed by atoms with Crippen LogP contribution in [0.1, 0.15) is 12.5 Å². The number of hydrogen-bond donors (Lipinski definition) is 1. The first-order valence-corrected chi connectivity index (χ1v) is 9.55. The summed E-state index contributed by atoms with van der Waals surface area (Å²) in [5, 5.41) is 0. The number of aliphatic imine (C=N–C) groups is 1. The highest BCUT2D eigenvalue weighted by molar-refractivity contribution is 6.04. The van der Waals surface area contributed by atoms with Gasteiger partial charge >= 0.3 is 6.09 Å². The summed E-state index contributed by atoms with van der Waals surface area (Å²) in [6, 6.07) is 25.5. The van der Waals surface area contributed by atoms with E-state index in [0.29, 0.717) is 6.61 Å². The number of carbonyl (C=O) groups is 1. The van der Waals surface area contributed by atoms with E-state index in [4.69, 9.17) is 4.74 Å². The van der Waals surface area contributed by atoms with Crippen molar-refractivity contribution in [1.29, 1.82) is 0 Å². The van der Waals surface area contributed by atoms with Crippen LogP contribution in [0.15, 0.2) is 90.2 Å². The van der Waals surface area contributed by atoms with E-state index in [1.165, 1.54) is 7.11 Å². The lowest BCUT2D eigenvalue weighted by atomic mass is 9.99. The van der Waals surface area contributed by atoms with Gasteiger partial charge in [-0.3, -0.25) is 0 Å². The summed E-state index contributed by atoms with van der Waals surface area (Å²) >= 11 is 0. The number of rotatable bonds is 3. The van der Waals surface area contributed by atoms with Crippen LogP contribution in [0.3, 0.4) is 0 Å². The Balaban J connectivity index is 0.000000234.